The van der Waals surface area contributed by atoms with Gasteiger partial charge in [-0.15, -0.1) is 0 Å². The van der Waals surface area contributed by atoms with Gasteiger partial charge in [0.05, 0.1) is 10.8 Å². The number of piperidine rings is 1. The summed E-state index contributed by atoms with van der Waals surface area (Å²) in [7, 11) is 0. The van der Waals surface area contributed by atoms with Gasteiger partial charge in [0, 0.05) is 37.8 Å². The molecule has 2 aliphatic heterocycles. The lowest BCUT2D eigenvalue weighted by Gasteiger charge is -2.34. The molecule has 0 aromatic heterocycles. The Balaban J connectivity index is 1.70. The highest BCUT2D eigenvalue weighted by molar-refractivity contribution is 5.95. The van der Waals surface area contributed by atoms with Crippen molar-refractivity contribution < 1.29 is 19.6 Å². The van der Waals surface area contributed by atoms with Crippen LogP contribution in [0.2, 0.25) is 0 Å². The molecule has 0 spiro atoms. The molecular weight excluding hydrogens is 326 g/mol. The first-order valence-electron chi connectivity index (χ1n) is 8.53. The molecule has 2 amide bonds. The molecule has 1 atom stereocenters. The molecule has 2 saturated heterocycles. The average molecular weight is 347 g/mol. The van der Waals surface area contributed by atoms with E-state index in [0.29, 0.717) is 13.1 Å². The van der Waals surface area contributed by atoms with Crippen molar-refractivity contribution in [2.45, 2.75) is 25.7 Å². The Morgan fingerprint density at radius 3 is 2.44 bits per heavy atom. The second-order valence-electron chi connectivity index (χ2n) is 6.58. The number of hydrogen-bond acceptors (Lipinski definition) is 5. The van der Waals surface area contributed by atoms with Crippen molar-refractivity contribution in [3.63, 3.8) is 0 Å². The number of amides is 2. The summed E-state index contributed by atoms with van der Waals surface area (Å²) in [5.41, 5.74) is -0.241. The largest absolute Gasteiger partial charge is 0.502 e. The van der Waals surface area contributed by atoms with Gasteiger partial charge in [0.25, 0.3) is 5.91 Å². The van der Waals surface area contributed by atoms with Gasteiger partial charge in [-0.05, 0) is 37.8 Å². The van der Waals surface area contributed by atoms with Crippen LogP contribution in [-0.4, -0.2) is 57.8 Å². The molecule has 3 rings (SSSR count). The Morgan fingerprint density at radius 1 is 1.12 bits per heavy atom. The number of nitro benzene ring substituents is 1. The summed E-state index contributed by atoms with van der Waals surface area (Å²) in [4.78, 5) is 38.7. The molecule has 2 heterocycles. The number of phenols is 1. The van der Waals surface area contributed by atoms with Crippen LogP contribution in [0.5, 0.6) is 5.75 Å². The van der Waals surface area contributed by atoms with E-state index >= 15 is 0 Å². The van der Waals surface area contributed by atoms with Crippen molar-refractivity contribution in [3.05, 3.63) is 33.9 Å². The van der Waals surface area contributed by atoms with E-state index < -0.39 is 16.4 Å². The number of carbonyl (C=O) groups is 2. The first kappa shape index (κ1) is 17.2. The molecule has 25 heavy (non-hydrogen) atoms. The number of carbonyl (C=O) groups excluding carboxylic acids is 2. The lowest BCUT2D eigenvalue weighted by Crippen LogP contribution is -2.46. The summed E-state index contributed by atoms with van der Waals surface area (Å²) < 4.78 is 0. The maximum absolute atomic E-state index is 12.6. The van der Waals surface area contributed by atoms with E-state index in [-0.39, 0.29) is 23.3 Å². The summed E-state index contributed by atoms with van der Waals surface area (Å²) in [6.45, 7) is 2.48. The third-order valence-corrected chi connectivity index (χ3v) is 4.89. The molecule has 8 nitrogen and oxygen atoms in total. The monoisotopic (exact) mass is 347 g/mol. The van der Waals surface area contributed by atoms with Crippen LogP contribution in [0, 0.1) is 16.0 Å². The van der Waals surface area contributed by atoms with Crippen LogP contribution in [0.1, 0.15) is 36.0 Å². The fourth-order valence-corrected chi connectivity index (χ4v) is 3.55. The number of aromatic hydroxyl groups is 1. The zero-order chi connectivity index (χ0) is 18.0. The van der Waals surface area contributed by atoms with Crippen molar-refractivity contribution in [2.24, 2.45) is 5.92 Å². The lowest BCUT2D eigenvalue weighted by molar-refractivity contribution is -0.385. The number of rotatable bonds is 3. The van der Waals surface area contributed by atoms with E-state index in [4.69, 9.17) is 0 Å². The number of hydrogen-bond donors (Lipinski definition) is 1. The molecular formula is C17H21N3O5. The zero-order valence-electron chi connectivity index (χ0n) is 13.9. The normalized spacial score (nSPS) is 20.6. The summed E-state index contributed by atoms with van der Waals surface area (Å²) in [5, 5.41) is 20.5. The fourth-order valence-electron chi connectivity index (χ4n) is 3.55. The molecule has 2 fully saturated rings. The predicted octanol–water partition coefficient (Wildman–Crippen LogP) is 1.77. The summed E-state index contributed by atoms with van der Waals surface area (Å²) in [5.74, 6) is -0.925. The topological polar surface area (TPSA) is 104 Å². The summed E-state index contributed by atoms with van der Waals surface area (Å²) in [6, 6.07) is 3.58. The second kappa shape index (κ2) is 7.08. The quantitative estimate of drug-likeness (QED) is 0.663. The molecule has 1 aromatic carbocycles. The summed E-state index contributed by atoms with van der Waals surface area (Å²) >= 11 is 0. The van der Waals surface area contributed by atoms with Gasteiger partial charge in [-0.2, -0.15) is 0 Å². The third-order valence-electron chi connectivity index (χ3n) is 4.89. The zero-order valence-corrected chi connectivity index (χ0v) is 13.9. The standard InChI is InChI=1S/C17H21N3O5/c21-15-10-12(5-6-14(15)20(24)25)16(22)19-9-3-4-13(11-19)17(23)18-7-1-2-8-18/h5-6,10,13,21H,1-4,7-9,11H2. The van der Waals surface area contributed by atoms with Crippen molar-refractivity contribution in [2.75, 3.05) is 26.2 Å². The van der Waals surface area contributed by atoms with Gasteiger partial charge in [-0.3, -0.25) is 19.7 Å². The molecule has 0 saturated carbocycles. The van der Waals surface area contributed by atoms with Crippen molar-refractivity contribution in [1.29, 1.82) is 0 Å². The smallest absolute Gasteiger partial charge is 0.310 e. The van der Waals surface area contributed by atoms with Crippen molar-refractivity contribution >= 4 is 17.5 Å². The molecule has 2 aliphatic rings. The van der Waals surface area contributed by atoms with Crippen LogP contribution in [0.4, 0.5) is 5.69 Å². The van der Waals surface area contributed by atoms with Gasteiger partial charge in [-0.1, -0.05) is 0 Å². The fraction of sp³-hybridized carbons (Fsp3) is 0.529. The second-order valence-corrected chi connectivity index (χ2v) is 6.58. The van der Waals surface area contributed by atoms with E-state index in [1.165, 1.54) is 6.07 Å². The van der Waals surface area contributed by atoms with Gasteiger partial charge >= 0.3 is 5.69 Å². The number of likely N-dealkylation sites (tertiary alicyclic amines) is 2. The van der Waals surface area contributed by atoms with Gasteiger partial charge in [0.1, 0.15) is 0 Å². The first-order valence-corrected chi connectivity index (χ1v) is 8.53. The minimum absolute atomic E-state index is 0.113. The van der Waals surface area contributed by atoms with Crippen LogP contribution >= 0.6 is 0 Å². The minimum atomic E-state index is -0.699. The average Bonchev–Trinajstić information content (AvgIpc) is 3.14. The van der Waals surface area contributed by atoms with E-state index in [9.17, 15) is 24.8 Å². The molecule has 1 N–H and O–H groups in total. The molecule has 8 heteroatoms. The Morgan fingerprint density at radius 2 is 1.80 bits per heavy atom. The van der Waals surface area contributed by atoms with E-state index in [2.05, 4.69) is 0 Å². The minimum Gasteiger partial charge on any atom is -0.502 e. The third kappa shape index (κ3) is 3.57. The van der Waals surface area contributed by atoms with Crippen molar-refractivity contribution in [1.82, 2.24) is 9.80 Å². The number of benzene rings is 1. The number of nitrogens with zero attached hydrogens (tertiary/aromatic N) is 3. The maximum Gasteiger partial charge on any atom is 0.310 e. The Hall–Kier alpha value is -2.64. The van der Waals surface area contributed by atoms with Gasteiger partial charge in [0.2, 0.25) is 5.91 Å². The highest BCUT2D eigenvalue weighted by atomic mass is 16.6. The van der Waals surface area contributed by atoms with Crippen LogP contribution in [0.25, 0.3) is 0 Å². The highest BCUT2D eigenvalue weighted by Crippen LogP contribution is 2.28. The highest BCUT2D eigenvalue weighted by Gasteiger charge is 2.32. The molecule has 0 radical (unpaired) electrons. The Bertz CT molecular complexity index is 700. The molecule has 0 bridgehead atoms. The SMILES string of the molecule is O=C(c1ccc([N+](=O)[O-])c(O)c1)N1CCCC(C(=O)N2CCCC2)C1. The van der Waals surface area contributed by atoms with E-state index in [1.807, 2.05) is 4.90 Å². The Kier molecular flexibility index (Phi) is 4.87. The van der Waals surface area contributed by atoms with Crippen molar-refractivity contribution in [3.8, 4) is 5.75 Å². The van der Waals surface area contributed by atoms with Gasteiger partial charge in [-0.25, -0.2) is 0 Å². The molecule has 1 unspecified atom stereocenters. The first-order chi connectivity index (χ1) is 12.0. The van der Waals surface area contributed by atoms with E-state index in [1.54, 1.807) is 4.90 Å². The van der Waals surface area contributed by atoms with Gasteiger partial charge in [0.15, 0.2) is 5.75 Å². The van der Waals surface area contributed by atoms with Crippen LogP contribution in [0.15, 0.2) is 18.2 Å². The van der Waals surface area contributed by atoms with Crippen LogP contribution in [-0.2, 0) is 4.79 Å². The predicted molar refractivity (Wildman–Crippen MR) is 89.2 cm³/mol. The van der Waals surface area contributed by atoms with Crippen LogP contribution < -0.4 is 0 Å². The molecule has 1 aromatic rings. The lowest BCUT2D eigenvalue weighted by atomic mass is 9.96. The number of phenolic OH excluding ortho intramolecular Hbond substituents is 1. The Labute approximate surface area is 145 Å². The molecule has 0 aliphatic carbocycles. The van der Waals surface area contributed by atoms with E-state index in [0.717, 1.165) is 50.9 Å². The summed E-state index contributed by atoms with van der Waals surface area (Å²) in [6.07, 6.45) is 3.58. The maximum atomic E-state index is 12.6. The number of nitro groups is 1. The molecule has 134 valence electrons. The van der Waals surface area contributed by atoms with Gasteiger partial charge < -0.3 is 14.9 Å². The van der Waals surface area contributed by atoms with Crippen LogP contribution in [0.3, 0.4) is 0 Å².